The molecule has 1 fully saturated rings. The van der Waals surface area contributed by atoms with Crippen molar-refractivity contribution in [2.24, 2.45) is 0 Å². The second-order valence-corrected chi connectivity index (χ2v) is 5.66. The Kier molecular flexibility index (Phi) is 5.78. The first-order valence-corrected chi connectivity index (χ1v) is 7.81. The molecule has 114 valence electrons. The Labute approximate surface area is 126 Å². The van der Waals surface area contributed by atoms with Crippen LogP contribution in [0.15, 0.2) is 30.3 Å². The minimum absolute atomic E-state index is 0.0746. The van der Waals surface area contributed by atoms with Gasteiger partial charge in [0.1, 0.15) is 0 Å². The van der Waals surface area contributed by atoms with Crippen LogP contribution in [0.4, 0.5) is 0 Å². The highest BCUT2D eigenvalue weighted by Gasteiger charge is 2.22. The van der Waals surface area contributed by atoms with E-state index < -0.39 is 0 Å². The van der Waals surface area contributed by atoms with Crippen molar-refractivity contribution in [2.75, 3.05) is 13.1 Å². The highest BCUT2D eigenvalue weighted by atomic mass is 16.2. The number of carbonyl (C=O) groups is 2. The summed E-state index contributed by atoms with van der Waals surface area (Å²) in [6.07, 6.45) is 4.65. The number of rotatable bonds is 5. The van der Waals surface area contributed by atoms with Gasteiger partial charge in [0.05, 0.1) is 0 Å². The number of nitrogens with zero attached hydrogens (tertiary/aromatic N) is 1. The van der Waals surface area contributed by atoms with Crippen LogP contribution in [-0.4, -0.2) is 35.8 Å². The van der Waals surface area contributed by atoms with Crippen molar-refractivity contribution in [3.8, 4) is 0 Å². The van der Waals surface area contributed by atoms with Crippen molar-refractivity contribution in [1.29, 1.82) is 0 Å². The van der Waals surface area contributed by atoms with Crippen molar-refractivity contribution in [2.45, 2.75) is 45.1 Å². The van der Waals surface area contributed by atoms with E-state index in [1.165, 1.54) is 6.42 Å². The molecule has 1 aliphatic heterocycles. The average molecular weight is 288 g/mol. The van der Waals surface area contributed by atoms with Crippen LogP contribution in [0.25, 0.3) is 0 Å². The van der Waals surface area contributed by atoms with E-state index in [0.29, 0.717) is 31.0 Å². The van der Waals surface area contributed by atoms with Gasteiger partial charge in [-0.25, -0.2) is 0 Å². The maximum Gasteiger partial charge on any atom is 0.251 e. The number of benzene rings is 1. The molecule has 1 aromatic carbocycles. The summed E-state index contributed by atoms with van der Waals surface area (Å²) in [6, 6.07) is 9.51. The first-order chi connectivity index (χ1) is 10.2. The molecule has 1 heterocycles. The van der Waals surface area contributed by atoms with E-state index in [0.717, 1.165) is 19.4 Å². The molecule has 0 aromatic heterocycles. The first-order valence-electron chi connectivity index (χ1n) is 7.81. The molecule has 21 heavy (non-hydrogen) atoms. The van der Waals surface area contributed by atoms with Crippen LogP contribution in [0.1, 0.15) is 49.4 Å². The summed E-state index contributed by atoms with van der Waals surface area (Å²) < 4.78 is 0. The van der Waals surface area contributed by atoms with Gasteiger partial charge in [-0.1, -0.05) is 18.2 Å². The smallest absolute Gasteiger partial charge is 0.251 e. The van der Waals surface area contributed by atoms with Crippen molar-refractivity contribution in [3.05, 3.63) is 35.9 Å². The fraction of sp³-hybridized carbons (Fsp3) is 0.529. The van der Waals surface area contributed by atoms with E-state index in [-0.39, 0.29) is 11.8 Å². The summed E-state index contributed by atoms with van der Waals surface area (Å²) in [7, 11) is 0. The first kappa shape index (κ1) is 15.5. The van der Waals surface area contributed by atoms with Gasteiger partial charge >= 0.3 is 0 Å². The summed E-state index contributed by atoms with van der Waals surface area (Å²) >= 11 is 0. The molecule has 0 bridgehead atoms. The second-order valence-electron chi connectivity index (χ2n) is 5.66. The molecule has 1 atom stereocenters. The lowest BCUT2D eigenvalue weighted by molar-refractivity contribution is -0.134. The lowest BCUT2D eigenvalue weighted by Crippen LogP contribution is -2.42. The molecule has 0 unspecified atom stereocenters. The van der Waals surface area contributed by atoms with E-state index in [9.17, 15) is 9.59 Å². The summed E-state index contributed by atoms with van der Waals surface area (Å²) in [4.78, 5) is 26.0. The molecule has 1 N–H and O–H groups in total. The van der Waals surface area contributed by atoms with Crippen LogP contribution < -0.4 is 5.32 Å². The summed E-state index contributed by atoms with van der Waals surface area (Å²) in [5, 5.41) is 2.86. The molecule has 1 aromatic rings. The Morgan fingerprint density at radius 1 is 1.24 bits per heavy atom. The number of piperidine rings is 1. The molecule has 2 rings (SSSR count). The van der Waals surface area contributed by atoms with Crippen LogP contribution >= 0.6 is 0 Å². The summed E-state index contributed by atoms with van der Waals surface area (Å²) in [5.74, 6) is 0.144. The highest BCUT2D eigenvalue weighted by Crippen LogP contribution is 2.17. The third kappa shape index (κ3) is 4.59. The molecule has 4 heteroatoms. The van der Waals surface area contributed by atoms with Crippen LogP contribution in [0, 0.1) is 0 Å². The van der Waals surface area contributed by atoms with Crippen LogP contribution in [0.5, 0.6) is 0 Å². The van der Waals surface area contributed by atoms with E-state index in [4.69, 9.17) is 0 Å². The molecule has 0 saturated carbocycles. The molecule has 4 nitrogen and oxygen atoms in total. The molecule has 2 amide bonds. The Bertz CT molecular complexity index is 473. The van der Waals surface area contributed by atoms with E-state index in [1.54, 1.807) is 12.1 Å². The Balaban J connectivity index is 1.67. The predicted octanol–water partition coefficient (Wildman–Crippen LogP) is 2.60. The molecule has 1 aliphatic rings. The molecule has 0 spiro atoms. The molecular formula is C17H24N2O2. The van der Waals surface area contributed by atoms with Crippen LogP contribution in [-0.2, 0) is 4.79 Å². The van der Waals surface area contributed by atoms with Gasteiger partial charge < -0.3 is 10.2 Å². The van der Waals surface area contributed by atoms with Crippen molar-refractivity contribution >= 4 is 11.8 Å². The van der Waals surface area contributed by atoms with E-state index >= 15 is 0 Å². The Morgan fingerprint density at radius 3 is 2.71 bits per heavy atom. The Morgan fingerprint density at radius 2 is 2.00 bits per heavy atom. The monoisotopic (exact) mass is 288 g/mol. The van der Waals surface area contributed by atoms with Crippen LogP contribution in [0.2, 0.25) is 0 Å². The zero-order chi connectivity index (χ0) is 15.1. The van der Waals surface area contributed by atoms with Crippen molar-refractivity contribution < 1.29 is 9.59 Å². The maximum atomic E-state index is 12.1. The van der Waals surface area contributed by atoms with Crippen molar-refractivity contribution in [3.63, 3.8) is 0 Å². The largest absolute Gasteiger partial charge is 0.352 e. The number of amides is 2. The quantitative estimate of drug-likeness (QED) is 0.847. The zero-order valence-electron chi connectivity index (χ0n) is 12.7. The van der Waals surface area contributed by atoms with E-state index in [2.05, 4.69) is 12.2 Å². The molecular weight excluding hydrogens is 264 g/mol. The van der Waals surface area contributed by atoms with Crippen LogP contribution in [0.3, 0.4) is 0 Å². The van der Waals surface area contributed by atoms with Gasteiger partial charge in [-0.3, -0.25) is 9.59 Å². The lowest BCUT2D eigenvalue weighted by Gasteiger charge is -2.33. The van der Waals surface area contributed by atoms with Gasteiger partial charge in [-0.2, -0.15) is 0 Å². The number of nitrogens with one attached hydrogen (secondary N) is 1. The predicted molar refractivity (Wildman–Crippen MR) is 83.0 cm³/mol. The Hall–Kier alpha value is -1.84. The molecule has 0 radical (unpaired) electrons. The van der Waals surface area contributed by atoms with Gasteiger partial charge in [0, 0.05) is 31.1 Å². The maximum absolute atomic E-state index is 12.1. The number of likely N-dealkylation sites (tertiary alicyclic amines) is 1. The second kappa shape index (κ2) is 7.81. The minimum atomic E-state index is -0.0746. The summed E-state index contributed by atoms with van der Waals surface area (Å²) in [5.41, 5.74) is 0.661. The SMILES string of the molecule is C[C@@H]1CCCCN1C(=O)CCCNC(=O)c1ccccc1. The number of hydrogen-bond acceptors (Lipinski definition) is 2. The zero-order valence-corrected chi connectivity index (χ0v) is 12.7. The fourth-order valence-corrected chi connectivity index (χ4v) is 2.75. The molecule has 1 saturated heterocycles. The standard InChI is InChI=1S/C17H24N2O2/c1-14-8-5-6-13-19(14)16(20)11-7-12-18-17(21)15-9-3-2-4-10-15/h2-4,9-10,14H,5-8,11-13H2,1H3,(H,18,21)/t14-/m1/s1. The molecule has 0 aliphatic carbocycles. The lowest BCUT2D eigenvalue weighted by atomic mass is 10.0. The number of carbonyl (C=O) groups excluding carboxylic acids is 2. The van der Waals surface area contributed by atoms with Gasteiger partial charge in [-0.15, -0.1) is 0 Å². The summed E-state index contributed by atoms with van der Waals surface area (Å²) in [6.45, 7) is 3.55. The topological polar surface area (TPSA) is 49.4 Å². The third-order valence-electron chi connectivity index (χ3n) is 4.01. The van der Waals surface area contributed by atoms with Gasteiger partial charge in [0.25, 0.3) is 5.91 Å². The number of hydrogen-bond donors (Lipinski definition) is 1. The highest BCUT2D eigenvalue weighted by molar-refractivity contribution is 5.94. The normalized spacial score (nSPS) is 18.3. The fourth-order valence-electron chi connectivity index (χ4n) is 2.75. The van der Waals surface area contributed by atoms with Gasteiger partial charge in [0.2, 0.25) is 5.91 Å². The minimum Gasteiger partial charge on any atom is -0.352 e. The average Bonchev–Trinajstić information content (AvgIpc) is 2.52. The van der Waals surface area contributed by atoms with Gasteiger partial charge in [-0.05, 0) is 44.7 Å². The van der Waals surface area contributed by atoms with Crippen molar-refractivity contribution in [1.82, 2.24) is 10.2 Å². The van der Waals surface area contributed by atoms with Gasteiger partial charge in [0.15, 0.2) is 0 Å². The van der Waals surface area contributed by atoms with E-state index in [1.807, 2.05) is 23.1 Å². The third-order valence-corrected chi connectivity index (χ3v) is 4.01.